The minimum absolute atomic E-state index is 0.0534. The van der Waals surface area contributed by atoms with Crippen LogP contribution in [0.3, 0.4) is 0 Å². The number of carbonyl (C=O) groups is 1. The second-order valence-corrected chi connectivity index (χ2v) is 4.54. The highest BCUT2D eigenvalue weighted by atomic mass is 16.6. The van der Waals surface area contributed by atoms with Gasteiger partial charge in [-0.2, -0.15) is 0 Å². The number of ether oxygens (including phenoxy) is 2. The van der Waals surface area contributed by atoms with Crippen molar-refractivity contribution in [2.45, 2.75) is 6.54 Å². The summed E-state index contributed by atoms with van der Waals surface area (Å²) in [5, 5.41) is 10.7. The number of non-ortho nitro benzene ring substituents is 1. The molecule has 2 N–H and O–H groups in total. The van der Waals surface area contributed by atoms with E-state index in [1.807, 2.05) is 0 Å². The molecule has 0 radical (unpaired) electrons. The number of nitrogens with zero attached hydrogens (tertiary/aromatic N) is 2. The Bertz CT molecular complexity index is 529. The van der Waals surface area contributed by atoms with Crippen molar-refractivity contribution >= 4 is 11.6 Å². The molecule has 1 amide bonds. The minimum Gasteiger partial charge on any atom is -0.483 e. The first-order valence-electron chi connectivity index (χ1n) is 6.57. The third-order valence-corrected chi connectivity index (χ3v) is 3.19. The lowest BCUT2D eigenvalue weighted by Gasteiger charge is -2.26. The first-order chi connectivity index (χ1) is 10.1. The van der Waals surface area contributed by atoms with Gasteiger partial charge in [-0.3, -0.25) is 14.9 Å². The van der Waals surface area contributed by atoms with Crippen molar-refractivity contribution in [3.63, 3.8) is 0 Å². The second kappa shape index (κ2) is 7.00. The van der Waals surface area contributed by atoms with Crippen LogP contribution in [0.1, 0.15) is 5.56 Å². The molecule has 1 aliphatic rings. The molecule has 114 valence electrons. The Hall–Kier alpha value is -2.19. The van der Waals surface area contributed by atoms with E-state index in [0.717, 1.165) is 0 Å². The number of nitrogens with two attached hydrogens (primary N) is 1. The van der Waals surface area contributed by atoms with Gasteiger partial charge in [0.25, 0.3) is 11.6 Å². The molecular formula is C13H17N3O5. The summed E-state index contributed by atoms with van der Waals surface area (Å²) >= 11 is 0. The van der Waals surface area contributed by atoms with Crippen molar-refractivity contribution in [1.82, 2.24) is 4.90 Å². The maximum atomic E-state index is 12.0. The van der Waals surface area contributed by atoms with Crippen LogP contribution in [-0.4, -0.2) is 48.6 Å². The number of benzene rings is 1. The zero-order valence-electron chi connectivity index (χ0n) is 11.5. The fourth-order valence-corrected chi connectivity index (χ4v) is 2.02. The van der Waals surface area contributed by atoms with Crippen molar-refractivity contribution in [2.24, 2.45) is 5.73 Å². The summed E-state index contributed by atoms with van der Waals surface area (Å²) in [5.74, 6) is 0.254. The van der Waals surface area contributed by atoms with Crippen LogP contribution in [-0.2, 0) is 16.1 Å². The van der Waals surface area contributed by atoms with Crippen LogP contribution in [0.25, 0.3) is 0 Å². The zero-order valence-corrected chi connectivity index (χ0v) is 11.5. The van der Waals surface area contributed by atoms with Gasteiger partial charge in [-0.25, -0.2) is 0 Å². The van der Waals surface area contributed by atoms with Crippen LogP contribution < -0.4 is 10.5 Å². The predicted molar refractivity (Wildman–Crippen MR) is 73.9 cm³/mol. The van der Waals surface area contributed by atoms with Gasteiger partial charge in [-0.05, 0) is 6.07 Å². The molecule has 21 heavy (non-hydrogen) atoms. The van der Waals surface area contributed by atoms with Crippen LogP contribution in [0.4, 0.5) is 5.69 Å². The highest BCUT2D eigenvalue weighted by Gasteiger charge is 2.18. The average molecular weight is 295 g/mol. The van der Waals surface area contributed by atoms with E-state index in [4.69, 9.17) is 15.2 Å². The number of morpholine rings is 1. The number of amides is 1. The normalized spacial score (nSPS) is 14.8. The molecule has 0 bridgehead atoms. The fraction of sp³-hybridized carbons (Fsp3) is 0.462. The smallest absolute Gasteiger partial charge is 0.270 e. The molecule has 0 saturated carbocycles. The molecule has 0 aromatic heterocycles. The molecule has 8 nitrogen and oxygen atoms in total. The van der Waals surface area contributed by atoms with E-state index in [-0.39, 0.29) is 24.7 Å². The summed E-state index contributed by atoms with van der Waals surface area (Å²) in [4.78, 5) is 23.8. The Labute approximate surface area is 121 Å². The number of hydrogen-bond acceptors (Lipinski definition) is 6. The van der Waals surface area contributed by atoms with Crippen LogP contribution in [0.2, 0.25) is 0 Å². The quantitative estimate of drug-likeness (QED) is 0.618. The summed E-state index contributed by atoms with van der Waals surface area (Å²) < 4.78 is 10.6. The average Bonchev–Trinajstić information content (AvgIpc) is 2.53. The summed E-state index contributed by atoms with van der Waals surface area (Å²) in [5.41, 5.74) is 6.00. The number of rotatable bonds is 5. The highest BCUT2D eigenvalue weighted by Crippen LogP contribution is 2.23. The third kappa shape index (κ3) is 3.89. The Morgan fingerprint density at radius 2 is 2.14 bits per heavy atom. The first kappa shape index (κ1) is 15.2. The van der Waals surface area contributed by atoms with Crippen molar-refractivity contribution < 1.29 is 19.2 Å². The van der Waals surface area contributed by atoms with Gasteiger partial charge < -0.3 is 20.1 Å². The van der Waals surface area contributed by atoms with E-state index in [9.17, 15) is 14.9 Å². The van der Waals surface area contributed by atoms with Crippen LogP contribution in [0, 0.1) is 10.1 Å². The number of nitro benzene ring substituents is 1. The number of nitro groups is 1. The first-order valence-corrected chi connectivity index (χ1v) is 6.57. The van der Waals surface area contributed by atoms with Crippen molar-refractivity contribution in [1.29, 1.82) is 0 Å². The molecule has 2 rings (SSSR count). The molecule has 1 saturated heterocycles. The Kier molecular flexibility index (Phi) is 5.07. The minimum atomic E-state index is -0.498. The van der Waals surface area contributed by atoms with Gasteiger partial charge in [0.05, 0.1) is 18.1 Å². The van der Waals surface area contributed by atoms with Gasteiger partial charge in [-0.1, -0.05) is 0 Å². The van der Waals surface area contributed by atoms with E-state index in [1.54, 1.807) is 4.90 Å². The molecule has 0 aliphatic carbocycles. The molecule has 0 unspecified atom stereocenters. The Morgan fingerprint density at radius 1 is 1.43 bits per heavy atom. The van der Waals surface area contributed by atoms with Crippen molar-refractivity contribution in [3.05, 3.63) is 33.9 Å². The van der Waals surface area contributed by atoms with E-state index < -0.39 is 4.92 Å². The predicted octanol–water partition coefficient (Wildman–Crippen LogP) is 0.291. The van der Waals surface area contributed by atoms with E-state index in [2.05, 4.69) is 0 Å². The molecule has 8 heteroatoms. The van der Waals surface area contributed by atoms with Gasteiger partial charge in [-0.15, -0.1) is 0 Å². The maximum absolute atomic E-state index is 12.0. The van der Waals surface area contributed by atoms with Crippen molar-refractivity contribution in [3.8, 4) is 5.75 Å². The summed E-state index contributed by atoms with van der Waals surface area (Å²) in [6.45, 7) is 2.13. The summed E-state index contributed by atoms with van der Waals surface area (Å²) in [7, 11) is 0. The van der Waals surface area contributed by atoms with Gasteiger partial charge in [0.2, 0.25) is 0 Å². The third-order valence-electron chi connectivity index (χ3n) is 3.19. The summed E-state index contributed by atoms with van der Waals surface area (Å²) in [6, 6.07) is 4.15. The molecule has 0 atom stereocenters. The van der Waals surface area contributed by atoms with Gasteiger partial charge in [0.1, 0.15) is 5.75 Å². The van der Waals surface area contributed by atoms with E-state index in [0.29, 0.717) is 37.6 Å². The lowest BCUT2D eigenvalue weighted by atomic mass is 10.2. The standard InChI is InChI=1S/C13H17N3O5/c14-8-10-7-11(16(18)19)1-2-12(10)21-9-13(17)15-3-5-20-6-4-15/h1-2,7H,3-6,8-9,14H2. The molecule has 1 heterocycles. The maximum Gasteiger partial charge on any atom is 0.270 e. The molecule has 1 aliphatic heterocycles. The Morgan fingerprint density at radius 3 is 2.76 bits per heavy atom. The molecule has 1 aromatic rings. The fourth-order valence-electron chi connectivity index (χ4n) is 2.02. The van der Waals surface area contributed by atoms with Gasteiger partial charge >= 0.3 is 0 Å². The largest absolute Gasteiger partial charge is 0.483 e. The second-order valence-electron chi connectivity index (χ2n) is 4.54. The van der Waals surface area contributed by atoms with Crippen LogP contribution >= 0.6 is 0 Å². The lowest BCUT2D eigenvalue weighted by Crippen LogP contribution is -2.43. The lowest BCUT2D eigenvalue weighted by molar-refractivity contribution is -0.384. The van der Waals surface area contributed by atoms with E-state index in [1.165, 1.54) is 18.2 Å². The number of hydrogen-bond donors (Lipinski definition) is 1. The van der Waals surface area contributed by atoms with Gasteiger partial charge in [0, 0.05) is 37.3 Å². The number of carbonyl (C=O) groups excluding carboxylic acids is 1. The molecule has 1 fully saturated rings. The molecular weight excluding hydrogens is 278 g/mol. The SMILES string of the molecule is NCc1cc([N+](=O)[O-])ccc1OCC(=O)N1CCOCC1. The topological polar surface area (TPSA) is 108 Å². The van der Waals surface area contributed by atoms with Crippen LogP contribution in [0.5, 0.6) is 5.75 Å². The van der Waals surface area contributed by atoms with Crippen molar-refractivity contribution in [2.75, 3.05) is 32.9 Å². The summed E-state index contributed by atoms with van der Waals surface area (Å²) in [6.07, 6.45) is 0. The zero-order chi connectivity index (χ0) is 15.2. The van der Waals surface area contributed by atoms with E-state index >= 15 is 0 Å². The molecule has 0 spiro atoms. The highest BCUT2D eigenvalue weighted by molar-refractivity contribution is 5.77. The van der Waals surface area contributed by atoms with Gasteiger partial charge in [0.15, 0.2) is 6.61 Å². The Balaban J connectivity index is 1.98. The van der Waals surface area contributed by atoms with Crippen LogP contribution in [0.15, 0.2) is 18.2 Å². The monoisotopic (exact) mass is 295 g/mol. The molecule has 1 aromatic carbocycles.